The molecule has 0 radical (unpaired) electrons. The molecule has 2 aliphatic heterocycles. The number of hydrogen-bond donors (Lipinski definition) is 0. The van der Waals surface area contributed by atoms with Crippen LogP contribution < -0.4 is 9.80 Å². The molecule has 1 aromatic rings. The van der Waals surface area contributed by atoms with E-state index < -0.39 is 0 Å². The normalized spacial score (nSPS) is 31.5. The quantitative estimate of drug-likeness (QED) is 0.417. The van der Waals surface area contributed by atoms with Crippen molar-refractivity contribution in [1.29, 1.82) is 0 Å². The van der Waals surface area contributed by atoms with Gasteiger partial charge in [0.2, 0.25) is 11.8 Å². The third-order valence-corrected chi connectivity index (χ3v) is 7.81. The van der Waals surface area contributed by atoms with Crippen LogP contribution in [0.2, 0.25) is 0 Å². The van der Waals surface area contributed by atoms with Crippen LogP contribution in [0.5, 0.6) is 0 Å². The molecule has 4 atom stereocenters. The van der Waals surface area contributed by atoms with Gasteiger partial charge in [-0.15, -0.1) is 0 Å². The van der Waals surface area contributed by atoms with Crippen LogP contribution >= 0.6 is 0 Å². The number of fused-ring (bicyclic) bond motifs is 2. The van der Waals surface area contributed by atoms with E-state index in [0.29, 0.717) is 23.3 Å². The Hall–Kier alpha value is -2.44. The summed E-state index contributed by atoms with van der Waals surface area (Å²) in [6.07, 6.45) is 10.4. The van der Waals surface area contributed by atoms with Gasteiger partial charge in [-0.3, -0.25) is 19.7 Å². The molecule has 2 amide bonds. The maximum atomic E-state index is 12.9. The number of benzene rings is 1. The van der Waals surface area contributed by atoms with Crippen molar-refractivity contribution in [3.05, 3.63) is 28.3 Å². The maximum Gasteiger partial charge on any atom is 0.294 e. The lowest BCUT2D eigenvalue weighted by Crippen LogP contribution is -2.47. The van der Waals surface area contributed by atoms with Crippen LogP contribution in [0.15, 0.2) is 18.2 Å². The van der Waals surface area contributed by atoms with Gasteiger partial charge in [-0.05, 0) is 56.6 Å². The van der Waals surface area contributed by atoms with E-state index in [1.54, 1.807) is 12.1 Å². The SMILES string of the molecule is O=C1[C@H]2CCCC[C@H]2C(=O)N1c1ccc(N2CCC[C@@H]3CCCC[C@H]32)c([N+](=O)[O-])c1. The molecule has 0 bridgehead atoms. The number of hydrogen-bond acceptors (Lipinski definition) is 5. The van der Waals surface area contributed by atoms with Crippen molar-refractivity contribution in [3.63, 3.8) is 0 Å². The van der Waals surface area contributed by atoms with Gasteiger partial charge in [-0.1, -0.05) is 25.7 Å². The van der Waals surface area contributed by atoms with Crippen molar-refractivity contribution >= 4 is 28.9 Å². The Balaban J connectivity index is 1.49. The smallest absolute Gasteiger partial charge is 0.294 e. The molecule has 7 nitrogen and oxygen atoms in total. The Morgan fingerprint density at radius 2 is 1.50 bits per heavy atom. The predicted molar refractivity (Wildman–Crippen MR) is 113 cm³/mol. The van der Waals surface area contributed by atoms with Crippen LogP contribution in [0.25, 0.3) is 0 Å². The second kappa shape index (κ2) is 7.67. The Bertz CT molecular complexity index is 859. The first kappa shape index (κ1) is 19.5. The summed E-state index contributed by atoms with van der Waals surface area (Å²) in [7, 11) is 0. The number of piperidine rings is 1. The van der Waals surface area contributed by atoms with E-state index in [4.69, 9.17) is 0 Å². The molecular weight excluding hydrogens is 382 g/mol. The first-order valence-electron chi connectivity index (χ1n) is 11.5. The number of nitrogens with zero attached hydrogens (tertiary/aromatic N) is 3. The predicted octanol–water partition coefficient (Wildman–Crippen LogP) is 4.43. The van der Waals surface area contributed by atoms with Gasteiger partial charge in [0.05, 0.1) is 22.4 Å². The Morgan fingerprint density at radius 1 is 0.867 bits per heavy atom. The molecule has 0 aromatic heterocycles. The number of anilines is 2. The summed E-state index contributed by atoms with van der Waals surface area (Å²) in [4.78, 5) is 40.9. The van der Waals surface area contributed by atoms with Gasteiger partial charge in [0, 0.05) is 18.7 Å². The van der Waals surface area contributed by atoms with Gasteiger partial charge in [0.15, 0.2) is 0 Å². The van der Waals surface area contributed by atoms with Crippen molar-refractivity contribution < 1.29 is 14.5 Å². The molecule has 0 unspecified atom stereocenters. The summed E-state index contributed by atoms with van der Waals surface area (Å²) >= 11 is 0. The van der Waals surface area contributed by atoms with Gasteiger partial charge < -0.3 is 4.90 Å². The molecule has 160 valence electrons. The highest BCUT2D eigenvalue weighted by Crippen LogP contribution is 2.44. The van der Waals surface area contributed by atoms with Crippen LogP contribution in [-0.2, 0) is 9.59 Å². The van der Waals surface area contributed by atoms with Crippen LogP contribution in [0, 0.1) is 27.9 Å². The number of rotatable bonds is 3. The van der Waals surface area contributed by atoms with Gasteiger partial charge in [0.1, 0.15) is 5.69 Å². The van der Waals surface area contributed by atoms with Gasteiger partial charge in [-0.25, -0.2) is 4.90 Å². The number of imide groups is 1. The average Bonchev–Trinajstić information content (AvgIpc) is 3.03. The largest absolute Gasteiger partial charge is 0.363 e. The minimum absolute atomic E-state index is 0.00851. The molecule has 0 spiro atoms. The fourth-order valence-corrected chi connectivity index (χ4v) is 6.38. The molecule has 0 N–H and O–H groups in total. The second-order valence-corrected chi connectivity index (χ2v) is 9.39. The fourth-order valence-electron chi connectivity index (χ4n) is 6.38. The van der Waals surface area contributed by atoms with E-state index in [9.17, 15) is 19.7 Å². The maximum absolute atomic E-state index is 12.9. The summed E-state index contributed by atoms with van der Waals surface area (Å²) in [6.45, 7) is 0.826. The van der Waals surface area contributed by atoms with Gasteiger partial charge >= 0.3 is 0 Å². The number of nitro benzene ring substituents is 1. The molecule has 5 rings (SSSR count). The topological polar surface area (TPSA) is 83.8 Å². The standard InChI is InChI=1S/C23H29N3O4/c27-22-17-8-2-3-9-18(17)23(28)25(22)16-11-12-20(21(14-16)26(29)30)24-13-5-7-15-6-1-4-10-19(15)24/h11-12,14-15,17-19H,1-10,13H2/t15-,17-,18+,19+/m0/s1. The minimum atomic E-state index is -0.358. The Labute approximate surface area is 176 Å². The van der Waals surface area contributed by atoms with E-state index in [1.165, 1.54) is 36.6 Å². The van der Waals surface area contributed by atoms with Crippen molar-refractivity contribution in [2.45, 2.75) is 70.3 Å². The third-order valence-electron chi connectivity index (χ3n) is 7.81. The molecule has 2 heterocycles. The average molecular weight is 412 g/mol. The number of nitro groups is 1. The molecule has 7 heteroatoms. The number of carbonyl (C=O) groups is 2. The van der Waals surface area contributed by atoms with Gasteiger partial charge in [-0.2, -0.15) is 0 Å². The van der Waals surface area contributed by atoms with Crippen molar-refractivity contribution in [2.75, 3.05) is 16.3 Å². The first-order valence-corrected chi connectivity index (χ1v) is 11.5. The zero-order chi connectivity index (χ0) is 20.8. The van der Waals surface area contributed by atoms with Crippen LogP contribution in [-0.4, -0.2) is 29.3 Å². The molecule has 2 saturated carbocycles. The van der Waals surface area contributed by atoms with Crippen molar-refractivity contribution in [2.24, 2.45) is 17.8 Å². The molecule has 2 aliphatic carbocycles. The van der Waals surface area contributed by atoms with Crippen molar-refractivity contribution in [3.8, 4) is 0 Å². The molecular formula is C23H29N3O4. The molecule has 30 heavy (non-hydrogen) atoms. The van der Waals surface area contributed by atoms with Crippen LogP contribution in [0.3, 0.4) is 0 Å². The third kappa shape index (κ3) is 3.10. The summed E-state index contributed by atoms with van der Waals surface area (Å²) < 4.78 is 0. The minimum Gasteiger partial charge on any atom is -0.363 e. The second-order valence-electron chi connectivity index (χ2n) is 9.39. The van der Waals surface area contributed by atoms with E-state index >= 15 is 0 Å². The first-order chi connectivity index (χ1) is 14.6. The Morgan fingerprint density at radius 3 is 2.20 bits per heavy atom. The van der Waals surface area contributed by atoms with Gasteiger partial charge in [0.25, 0.3) is 5.69 Å². The molecule has 4 fully saturated rings. The van der Waals surface area contributed by atoms with E-state index in [-0.39, 0.29) is 34.3 Å². The summed E-state index contributed by atoms with van der Waals surface area (Å²) in [5.74, 6) is -0.268. The highest BCUT2D eigenvalue weighted by molar-refractivity contribution is 6.22. The highest BCUT2D eigenvalue weighted by Gasteiger charge is 2.49. The molecule has 4 aliphatic rings. The zero-order valence-electron chi connectivity index (χ0n) is 17.3. The van der Waals surface area contributed by atoms with Crippen molar-refractivity contribution in [1.82, 2.24) is 0 Å². The summed E-state index contributed by atoms with van der Waals surface area (Å²) in [5.41, 5.74) is 0.998. The van der Waals surface area contributed by atoms with Crippen LogP contribution in [0.4, 0.5) is 17.1 Å². The van der Waals surface area contributed by atoms with E-state index in [0.717, 1.165) is 45.1 Å². The van der Waals surface area contributed by atoms with Crippen LogP contribution in [0.1, 0.15) is 64.2 Å². The van der Waals surface area contributed by atoms with E-state index in [2.05, 4.69) is 4.90 Å². The summed E-state index contributed by atoms with van der Waals surface area (Å²) in [5, 5.41) is 12.0. The lowest BCUT2D eigenvalue weighted by atomic mass is 9.78. The fraction of sp³-hybridized carbons (Fsp3) is 0.652. The lowest BCUT2D eigenvalue weighted by molar-refractivity contribution is -0.384. The monoisotopic (exact) mass is 411 g/mol. The highest BCUT2D eigenvalue weighted by atomic mass is 16.6. The zero-order valence-corrected chi connectivity index (χ0v) is 17.3. The number of carbonyl (C=O) groups excluding carboxylic acids is 2. The Kier molecular flexibility index (Phi) is 4.99. The molecule has 1 aromatic carbocycles. The molecule has 2 saturated heterocycles. The summed E-state index contributed by atoms with van der Waals surface area (Å²) in [6, 6.07) is 5.32. The van der Waals surface area contributed by atoms with E-state index in [1.807, 2.05) is 0 Å². The lowest BCUT2D eigenvalue weighted by Gasteiger charge is -2.45. The number of amides is 2.